The van der Waals surface area contributed by atoms with Gasteiger partial charge in [0.05, 0.1) is 5.52 Å². The van der Waals surface area contributed by atoms with Gasteiger partial charge < -0.3 is 0 Å². The summed E-state index contributed by atoms with van der Waals surface area (Å²) in [5.74, 6) is -0.580. The number of nitrogens with zero attached hydrogens (tertiary/aromatic N) is 1. The Bertz CT molecular complexity index is 1040. The lowest BCUT2D eigenvalue weighted by Gasteiger charge is -2.09. The van der Waals surface area contributed by atoms with E-state index in [4.69, 9.17) is 0 Å². The third-order valence-electron chi connectivity index (χ3n) is 3.91. The molecule has 0 unspecified atom stereocenters. The summed E-state index contributed by atoms with van der Waals surface area (Å²) < 4.78 is 13.7. The minimum absolute atomic E-state index is 0.202. The molecule has 3 heteroatoms. The molecular weight excluding hydrogens is 289 g/mol. The van der Waals surface area contributed by atoms with Crippen LogP contribution in [0.5, 0.6) is 0 Å². The van der Waals surface area contributed by atoms with Gasteiger partial charge in [-0.2, -0.15) is 0 Å². The first-order valence-corrected chi connectivity index (χ1v) is 7.32. The molecule has 0 aliphatic rings. The number of carbonyl (C=O) groups excluding carboxylic acids is 1. The van der Waals surface area contributed by atoms with Crippen LogP contribution in [0.2, 0.25) is 0 Å². The topological polar surface area (TPSA) is 30.0 Å². The molecule has 23 heavy (non-hydrogen) atoms. The van der Waals surface area contributed by atoms with Crippen LogP contribution in [0.15, 0.2) is 72.8 Å². The molecule has 0 fully saturated rings. The molecule has 0 saturated heterocycles. The summed E-state index contributed by atoms with van der Waals surface area (Å²) in [5.41, 5.74) is 1.55. The van der Waals surface area contributed by atoms with E-state index in [0.29, 0.717) is 10.9 Å². The molecule has 0 spiro atoms. The first-order chi connectivity index (χ1) is 11.2. The van der Waals surface area contributed by atoms with Gasteiger partial charge in [-0.05, 0) is 23.6 Å². The second-order valence-corrected chi connectivity index (χ2v) is 5.36. The van der Waals surface area contributed by atoms with Gasteiger partial charge in [-0.1, -0.05) is 54.6 Å². The van der Waals surface area contributed by atoms with Crippen molar-refractivity contribution in [1.82, 2.24) is 4.98 Å². The first-order valence-electron chi connectivity index (χ1n) is 7.32. The second kappa shape index (κ2) is 5.29. The molecule has 0 saturated carbocycles. The lowest BCUT2D eigenvalue weighted by Crippen LogP contribution is -2.05. The summed E-state index contributed by atoms with van der Waals surface area (Å²) >= 11 is 0. The average Bonchev–Trinajstić information content (AvgIpc) is 2.61. The van der Waals surface area contributed by atoms with Gasteiger partial charge in [0, 0.05) is 16.3 Å². The van der Waals surface area contributed by atoms with Crippen molar-refractivity contribution in [3.63, 3.8) is 0 Å². The van der Waals surface area contributed by atoms with Crippen LogP contribution in [-0.2, 0) is 0 Å². The van der Waals surface area contributed by atoms with Crippen LogP contribution in [0.3, 0.4) is 0 Å². The second-order valence-electron chi connectivity index (χ2n) is 5.36. The van der Waals surface area contributed by atoms with Crippen LogP contribution in [-0.4, -0.2) is 10.8 Å². The Kier molecular flexibility index (Phi) is 3.12. The zero-order chi connectivity index (χ0) is 15.8. The van der Waals surface area contributed by atoms with E-state index in [0.717, 1.165) is 16.3 Å². The predicted molar refractivity (Wildman–Crippen MR) is 89.1 cm³/mol. The van der Waals surface area contributed by atoms with Crippen LogP contribution in [0.1, 0.15) is 16.1 Å². The van der Waals surface area contributed by atoms with Gasteiger partial charge >= 0.3 is 0 Å². The largest absolute Gasteiger partial charge is 0.287 e. The van der Waals surface area contributed by atoms with Crippen molar-refractivity contribution < 1.29 is 9.18 Å². The molecule has 0 aliphatic carbocycles. The van der Waals surface area contributed by atoms with Gasteiger partial charge in [-0.15, -0.1) is 0 Å². The maximum atomic E-state index is 13.7. The number of hydrogen-bond acceptors (Lipinski definition) is 2. The number of aromatic nitrogens is 1. The number of rotatable bonds is 2. The number of halogens is 1. The molecule has 0 amide bonds. The summed E-state index contributed by atoms with van der Waals surface area (Å²) in [6, 6.07) is 21.0. The fraction of sp³-hybridized carbons (Fsp3) is 0. The van der Waals surface area contributed by atoms with E-state index in [-0.39, 0.29) is 17.3 Å². The normalized spacial score (nSPS) is 11.0. The third-order valence-corrected chi connectivity index (χ3v) is 3.91. The molecule has 0 N–H and O–H groups in total. The Labute approximate surface area is 132 Å². The highest BCUT2D eigenvalue weighted by Crippen LogP contribution is 2.28. The van der Waals surface area contributed by atoms with Gasteiger partial charge in [0.2, 0.25) is 5.78 Å². The Morgan fingerprint density at radius 1 is 0.783 bits per heavy atom. The fourth-order valence-electron chi connectivity index (χ4n) is 2.83. The van der Waals surface area contributed by atoms with Crippen molar-refractivity contribution in [3.05, 3.63) is 89.9 Å². The van der Waals surface area contributed by atoms with Gasteiger partial charge in [-0.25, -0.2) is 9.37 Å². The average molecular weight is 301 g/mol. The number of carbonyl (C=O) groups is 1. The lowest BCUT2D eigenvalue weighted by molar-refractivity contribution is 0.103. The predicted octanol–water partition coefficient (Wildman–Crippen LogP) is 4.76. The Hall–Kier alpha value is -3.07. The molecule has 0 radical (unpaired) electrons. The van der Waals surface area contributed by atoms with Crippen molar-refractivity contribution >= 4 is 27.5 Å². The molecule has 2 nitrogen and oxygen atoms in total. The van der Waals surface area contributed by atoms with Crippen LogP contribution in [0, 0.1) is 5.82 Å². The maximum Gasteiger partial charge on any atom is 0.212 e. The van der Waals surface area contributed by atoms with Crippen molar-refractivity contribution in [2.75, 3.05) is 0 Å². The Balaban J connectivity index is 2.08. The van der Waals surface area contributed by atoms with Crippen LogP contribution in [0.25, 0.3) is 21.7 Å². The molecule has 3 aromatic carbocycles. The van der Waals surface area contributed by atoms with Crippen LogP contribution < -0.4 is 0 Å². The third kappa shape index (κ3) is 2.27. The van der Waals surface area contributed by atoms with E-state index in [1.165, 1.54) is 12.1 Å². The number of benzene rings is 3. The molecule has 4 aromatic rings. The SMILES string of the molecule is O=C(c1ccccc1)c1nc2ccccc2c2ccc(F)cc12. The summed E-state index contributed by atoms with van der Waals surface area (Å²) in [4.78, 5) is 17.3. The van der Waals surface area contributed by atoms with Crippen molar-refractivity contribution in [1.29, 1.82) is 0 Å². The van der Waals surface area contributed by atoms with E-state index in [1.807, 2.05) is 30.3 Å². The van der Waals surface area contributed by atoms with E-state index in [9.17, 15) is 9.18 Å². The zero-order valence-corrected chi connectivity index (χ0v) is 12.2. The van der Waals surface area contributed by atoms with Gasteiger partial charge in [0.15, 0.2) is 0 Å². The number of fused-ring (bicyclic) bond motifs is 3. The molecule has 0 atom stereocenters. The van der Waals surface area contributed by atoms with E-state index >= 15 is 0 Å². The standard InChI is InChI=1S/C20H12FNO/c21-14-10-11-15-16-8-4-5-9-18(16)22-19(17(15)12-14)20(23)13-6-2-1-3-7-13/h1-12H. The van der Waals surface area contributed by atoms with Crippen LogP contribution >= 0.6 is 0 Å². The van der Waals surface area contributed by atoms with Gasteiger partial charge in [0.1, 0.15) is 11.5 Å². The van der Waals surface area contributed by atoms with E-state index in [2.05, 4.69) is 4.98 Å². The maximum absolute atomic E-state index is 13.7. The molecule has 0 aliphatic heterocycles. The highest BCUT2D eigenvalue weighted by Gasteiger charge is 2.17. The summed E-state index contributed by atoms with van der Waals surface area (Å²) in [6.07, 6.45) is 0. The molecule has 110 valence electrons. The van der Waals surface area contributed by atoms with E-state index < -0.39 is 0 Å². The highest BCUT2D eigenvalue weighted by molar-refractivity contribution is 6.19. The molecule has 1 heterocycles. The molecule has 4 rings (SSSR count). The number of pyridine rings is 1. The summed E-state index contributed by atoms with van der Waals surface area (Å²) in [7, 11) is 0. The fourth-order valence-corrected chi connectivity index (χ4v) is 2.83. The molecular formula is C20H12FNO. The minimum Gasteiger partial charge on any atom is -0.287 e. The Morgan fingerprint density at radius 2 is 1.52 bits per heavy atom. The quantitative estimate of drug-likeness (QED) is 0.395. The molecule has 0 bridgehead atoms. The minimum atomic E-state index is -0.378. The highest BCUT2D eigenvalue weighted by atomic mass is 19.1. The first kappa shape index (κ1) is 13.6. The number of para-hydroxylation sites is 1. The van der Waals surface area contributed by atoms with Crippen molar-refractivity contribution in [2.45, 2.75) is 0 Å². The smallest absolute Gasteiger partial charge is 0.212 e. The lowest BCUT2D eigenvalue weighted by atomic mass is 9.99. The summed E-state index contributed by atoms with van der Waals surface area (Å²) in [6.45, 7) is 0. The molecule has 1 aromatic heterocycles. The van der Waals surface area contributed by atoms with Gasteiger partial charge in [-0.3, -0.25) is 4.79 Å². The number of ketones is 1. The summed E-state index contributed by atoms with van der Waals surface area (Å²) in [5, 5.41) is 2.28. The monoisotopic (exact) mass is 301 g/mol. The van der Waals surface area contributed by atoms with Crippen LogP contribution in [0.4, 0.5) is 4.39 Å². The van der Waals surface area contributed by atoms with Crippen molar-refractivity contribution in [3.8, 4) is 0 Å². The van der Waals surface area contributed by atoms with Crippen molar-refractivity contribution in [2.24, 2.45) is 0 Å². The number of hydrogen-bond donors (Lipinski definition) is 0. The van der Waals surface area contributed by atoms with E-state index in [1.54, 1.807) is 30.3 Å². The Morgan fingerprint density at radius 3 is 2.35 bits per heavy atom. The zero-order valence-electron chi connectivity index (χ0n) is 12.2. The van der Waals surface area contributed by atoms with Gasteiger partial charge in [0.25, 0.3) is 0 Å².